The van der Waals surface area contributed by atoms with Crippen LogP contribution in [0.4, 0.5) is 0 Å². The average molecular weight is 361 g/mol. The van der Waals surface area contributed by atoms with Crippen molar-refractivity contribution in [3.63, 3.8) is 0 Å². The Morgan fingerprint density at radius 2 is 1.72 bits per heavy atom. The summed E-state index contributed by atoms with van der Waals surface area (Å²) >= 11 is 0. The lowest BCUT2D eigenvalue weighted by Crippen LogP contribution is -2.32. The Kier molecular flexibility index (Phi) is 6.58. The maximum absolute atomic E-state index is 12.2. The Morgan fingerprint density at radius 3 is 2.28 bits per heavy atom. The molecule has 0 saturated carbocycles. The smallest absolute Gasteiger partial charge is 0.258 e. The summed E-state index contributed by atoms with van der Waals surface area (Å²) in [5.41, 5.74) is 1.07. The second kappa shape index (κ2) is 8.67. The quantitative estimate of drug-likeness (QED) is 0.784. The summed E-state index contributed by atoms with van der Waals surface area (Å²) in [5.74, 6) is 0.240. The zero-order valence-electron chi connectivity index (χ0n) is 14.4. The van der Waals surface area contributed by atoms with E-state index in [9.17, 15) is 13.2 Å². The number of carbonyl (C=O) groups excluding carboxylic acids is 1. The van der Waals surface area contributed by atoms with Gasteiger partial charge in [0.05, 0.1) is 10.9 Å². The van der Waals surface area contributed by atoms with Gasteiger partial charge in [0.25, 0.3) is 5.91 Å². The van der Waals surface area contributed by atoms with Gasteiger partial charge in [-0.25, -0.2) is 8.42 Å². The largest absolute Gasteiger partial charge is 0.484 e. The van der Waals surface area contributed by atoms with Crippen molar-refractivity contribution in [3.05, 3.63) is 60.2 Å². The molecule has 1 unspecified atom stereocenters. The van der Waals surface area contributed by atoms with E-state index >= 15 is 0 Å². The molecule has 2 rings (SSSR count). The Bertz CT molecular complexity index is 786. The van der Waals surface area contributed by atoms with E-state index < -0.39 is 9.84 Å². The summed E-state index contributed by atoms with van der Waals surface area (Å²) in [5, 5.41) is 2.98. The van der Waals surface area contributed by atoms with E-state index in [1.54, 1.807) is 12.1 Å². The molecule has 1 N–H and O–H groups in total. The highest BCUT2D eigenvalue weighted by molar-refractivity contribution is 7.90. The van der Waals surface area contributed by atoms with Crippen LogP contribution in [0.5, 0.6) is 5.75 Å². The zero-order valence-corrected chi connectivity index (χ0v) is 15.3. The van der Waals surface area contributed by atoms with Crippen molar-refractivity contribution < 1.29 is 17.9 Å². The zero-order chi connectivity index (χ0) is 18.3. The van der Waals surface area contributed by atoms with Crippen LogP contribution in [0.1, 0.15) is 31.4 Å². The van der Waals surface area contributed by atoms with E-state index in [-0.39, 0.29) is 23.5 Å². The van der Waals surface area contributed by atoms with Gasteiger partial charge in [-0.1, -0.05) is 43.7 Å². The fraction of sp³-hybridized carbons (Fsp3) is 0.316. The predicted octanol–water partition coefficient (Wildman–Crippen LogP) is 3.13. The fourth-order valence-corrected chi connectivity index (χ4v) is 3.09. The lowest BCUT2D eigenvalue weighted by molar-refractivity contribution is -0.123. The molecule has 2 aromatic carbocycles. The Hall–Kier alpha value is -2.34. The number of hydrogen-bond donors (Lipinski definition) is 1. The minimum atomic E-state index is -3.24. The molecule has 0 spiro atoms. The molecule has 5 nitrogen and oxygen atoms in total. The van der Waals surface area contributed by atoms with Gasteiger partial charge in [0, 0.05) is 6.26 Å². The number of rotatable bonds is 8. The first-order chi connectivity index (χ1) is 11.9. The molecular formula is C19H23NO4S. The number of nitrogens with one attached hydrogen (secondary N) is 1. The highest BCUT2D eigenvalue weighted by Crippen LogP contribution is 2.18. The van der Waals surface area contributed by atoms with Gasteiger partial charge in [0.2, 0.25) is 0 Å². The Morgan fingerprint density at radius 1 is 1.08 bits per heavy atom. The third kappa shape index (κ3) is 5.90. The minimum Gasteiger partial charge on any atom is -0.484 e. The third-order valence-corrected chi connectivity index (χ3v) is 4.86. The van der Waals surface area contributed by atoms with Crippen LogP contribution in [0.25, 0.3) is 0 Å². The van der Waals surface area contributed by atoms with Crippen LogP contribution in [0.15, 0.2) is 59.5 Å². The molecule has 0 heterocycles. The number of amides is 1. The van der Waals surface area contributed by atoms with Crippen molar-refractivity contribution in [1.82, 2.24) is 5.32 Å². The highest BCUT2D eigenvalue weighted by Gasteiger charge is 2.14. The molecule has 134 valence electrons. The molecule has 0 radical (unpaired) electrons. The highest BCUT2D eigenvalue weighted by atomic mass is 32.2. The minimum absolute atomic E-state index is 0.0464. The number of benzene rings is 2. The van der Waals surface area contributed by atoms with Gasteiger partial charge in [0.1, 0.15) is 5.75 Å². The lowest BCUT2D eigenvalue weighted by atomic mass is 10.0. The maximum Gasteiger partial charge on any atom is 0.258 e. The van der Waals surface area contributed by atoms with Gasteiger partial charge in [-0.2, -0.15) is 0 Å². The molecule has 2 aromatic rings. The summed E-state index contributed by atoms with van der Waals surface area (Å²) in [6, 6.07) is 15.8. The molecule has 0 aromatic heterocycles. The van der Waals surface area contributed by atoms with Crippen LogP contribution in [-0.4, -0.2) is 27.2 Å². The van der Waals surface area contributed by atoms with E-state index in [0.717, 1.165) is 24.7 Å². The van der Waals surface area contributed by atoms with Crippen molar-refractivity contribution >= 4 is 15.7 Å². The summed E-state index contributed by atoms with van der Waals surface area (Å²) in [6.07, 6.45) is 2.94. The van der Waals surface area contributed by atoms with E-state index in [2.05, 4.69) is 12.2 Å². The molecule has 6 heteroatoms. The molecule has 0 aliphatic carbocycles. The summed E-state index contributed by atoms with van der Waals surface area (Å²) in [6.45, 7) is 1.95. The average Bonchev–Trinajstić information content (AvgIpc) is 2.60. The first-order valence-electron chi connectivity index (χ1n) is 8.17. The second-order valence-electron chi connectivity index (χ2n) is 5.85. The fourth-order valence-electron chi connectivity index (χ4n) is 2.46. The molecule has 25 heavy (non-hydrogen) atoms. The molecule has 0 saturated heterocycles. The molecule has 0 fully saturated rings. The Balaban J connectivity index is 1.93. The normalized spacial score (nSPS) is 12.4. The van der Waals surface area contributed by atoms with Crippen LogP contribution >= 0.6 is 0 Å². The summed E-state index contributed by atoms with van der Waals surface area (Å²) in [7, 11) is -3.24. The van der Waals surface area contributed by atoms with Gasteiger partial charge in [-0.15, -0.1) is 0 Å². The van der Waals surface area contributed by atoms with E-state index in [1.165, 1.54) is 12.1 Å². The topological polar surface area (TPSA) is 72.5 Å². The molecule has 0 aliphatic heterocycles. The first kappa shape index (κ1) is 19.0. The molecule has 1 amide bonds. The molecule has 0 aliphatic rings. The van der Waals surface area contributed by atoms with Crippen LogP contribution in [0.2, 0.25) is 0 Å². The van der Waals surface area contributed by atoms with Crippen molar-refractivity contribution in [1.29, 1.82) is 0 Å². The SMILES string of the molecule is CCCC(NC(=O)COc1ccc(S(C)(=O)=O)cc1)c1ccccc1. The van der Waals surface area contributed by atoms with E-state index in [4.69, 9.17) is 4.74 Å². The van der Waals surface area contributed by atoms with Gasteiger partial charge in [-0.05, 0) is 36.2 Å². The van der Waals surface area contributed by atoms with Crippen molar-refractivity contribution in [2.45, 2.75) is 30.7 Å². The number of carbonyl (C=O) groups is 1. The monoisotopic (exact) mass is 361 g/mol. The van der Waals surface area contributed by atoms with Crippen LogP contribution in [0, 0.1) is 0 Å². The van der Waals surface area contributed by atoms with Gasteiger partial charge in [0.15, 0.2) is 16.4 Å². The summed E-state index contributed by atoms with van der Waals surface area (Å²) in [4.78, 5) is 12.4. The number of sulfone groups is 1. The van der Waals surface area contributed by atoms with Crippen molar-refractivity contribution in [2.75, 3.05) is 12.9 Å². The van der Waals surface area contributed by atoms with Crippen molar-refractivity contribution in [3.8, 4) is 5.75 Å². The number of ether oxygens (including phenoxy) is 1. The molecular weight excluding hydrogens is 338 g/mol. The maximum atomic E-state index is 12.2. The van der Waals surface area contributed by atoms with Crippen LogP contribution < -0.4 is 10.1 Å². The Labute approximate surface area is 148 Å². The van der Waals surface area contributed by atoms with Crippen LogP contribution in [-0.2, 0) is 14.6 Å². The van der Waals surface area contributed by atoms with Gasteiger partial charge in [-0.3, -0.25) is 4.79 Å². The van der Waals surface area contributed by atoms with E-state index in [0.29, 0.717) is 5.75 Å². The molecule has 1 atom stereocenters. The van der Waals surface area contributed by atoms with Gasteiger partial charge < -0.3 is 10.1 Å². The van der Waals surface area contributed by atoms with Crippen molar-refractivity contribution in [2.24, 2.45) is 0 Å². The summed E-state index contributed by atoms with van der Waals surface area (Å²) < 4.78 is 28.3. The third-order valence-electron chi connectivity index (χ3n) is 3.74. The first-order valence-corrected chi connectivity index (χ1v) is 10.1. The van der Waals surface area contributed by atoms with E-state index in [1.807, 2.05) is 30.3 Å². The lowest BCUT2D eigenvalue weighted by Gasteiger charge is -2.18. The standard InChI is InChI=1S/C19H23NO4S/c1-3-7-18(15-8-5-4-6-9-15)20-19(21)14-24-16-10-12-17(13-11-16)25(2,22)23/h4-6,8-13,18H,3,7,14H2,1-2H3,(H,20,21). The molecule has 0 bridgehead atoms. The second-order valence-corrected chi connectivity index (χ2v) is 7.87. The number of hydrogen-bond acceptors (Lipinski definition) is 4. The predicted molar refractivity (Wildman–Crippen MR) is 97.3 cm³/mol. The van der Waals surface area contributed by atoms with Crippen LogP contribution in [0.3, 0.4) is 0 Å². The van der Waals surface area contributed by atoms with Gasteiger partial charge >= 0.3 is 0 Å².